The summed E-state index contributed by atoms with van der Waals surface area (Å²) in [5, 5.41) is 0. The fraction of sp³-hybridized carbons (Fsp3) is 0.238. The molecule has 2 aromatic rings. The number of nitrogen functional groups attached to an aromatic ring is 1. The molecule has 6 rings (SSSR count). The van der Waals surface area contributed by atoms with E-state index in [1.54, 1.807) is 5.57 Å². The van der Waals surface area contributed by atoms with Gasteiger partial charge in [0.1, 0.15) is 0 Å². The number of rotatable bonds is 0. The van der Waals surface area contributed by atoms with Crippen molar-refractivity contribution in [3.63, 3.8) is 0 Å². The number of hydrogen-bond donors (Lipinski definition) is 2. The van der Waals surface area contributed by atoms with Gasteiger partial charge in [-0.1, -0.05) is 42.0 Å². The summed E-state index contributed by atoms with van der Waals surface area (Å²) in [4.78, 5) is 0. The van der Waals surface area contributed by atoms with Gasteiger partial charge in [-0.3, -0.25) is 0 Å². The molecule has 3 atom stereocenters. The number of anilines is 1. The normalized spacial score (nSPS) is 27.2. The van der Waals surface area contributed by atoms with Crippen LogP contribution in [0.25, 0.3) is 0 Å². The summed E-state index contributed by atoms with van der Waals surface area (Å²) in [6.07, 6.45) is 6.40. The average molecular weight is 300 g/mol. The molecule has 0 heterocycles. The summed E-state index contributed by atoms with van der Waals surface area (Å²) in [5.41, 5.74) is 21.5. The maximum atomic E-state index is 6.19. The van der Waals surface area contributed by atoms with Crippen molar-refractivity contribution in [2.45, 2.75) is 24.7 Å². The van der Waals surface area contributed by atoms with Crippen LogP contribution in [0.2, 0.25) is 0 Å². The van der Waals surface area contributed by atoms with Crippen LogP contribution in [0.15, 0.2) is 65.9 Å². The zero-order chi connectivity index (χ0) is 15.6. The molecule has 3 unspecified atom stereocenters. The minimum absolute atomic E-state index is 0.402. The van der Waals surface area contributed by atoms with Gasteiger partial charge < -0.3 is 11.5 Å². The van der Waals surface area contributed by atoms with Crippen LogP contribution in [0.3, 0.4) is 0 Å². The molecule has 0 aromatic heterocycles. The highest BCUT2D eigenvalue weighted by Crippen LogP contribution is 2.56. The van der Waals surface area contributed by atoms with Crippen LogP contribution in [0, 0.1) is 5.92 Å². The largest absolute Gasteiger partial charge is 0.402 e. The fourth-order valence-corrected chi connectivity index (χ4v) is 4.90. The Bertz CT molecular complexity index is 875. The van der Waals surface area contributed by atoms with E-state index in [1.165, 1.54) is 22.3 Å². The third kappa shape index (κ3) is 1.75. The molecule has 0 fully saturated rings. The van der Waals surface area contributed by atoms with Gasteiger partial charge in [0.15, 0.2) is 0 Å². The summed E-state index contributed by atoms with van der Waals surface area (Å²) in [6.45, 7) is 0. The molecule has 2 nitrogen and oxygen atoms in total. The van der Waals surface area contributed by atoms with Crippen molar-refractivity contribution in [2.75, 3.05) is 5.73 Å². The Morgan fingerprint density at radius 2 is 1.65 bits per heavy atom. The fourth-order valence-electron chi connectivity index (χ4n) is 4.90. The van der Waals surface area contributed by atoms with Crippen molar-refractivity contribution in [3.05, 3.63) is 88.1 Å². The predicted molar refractivity (Wildman–Crippen MR) is 94.0 cm³/mol. The third-order valence-electron chi connectivity index (χ3n) is 5.81. The summed E-state index contributed by atoms with van der Waals surface area (Å²) in [6, 6.07) is 15.4. The van der Waals surface area contributed by atoms with Gasteiger partial charge >= 0.3 is 0 Å². The second kappa shape index (κ2) is 4.51. The van der Waals surface area contributed by atoms with Crippen LogP contribution in [-0.4, -0.2) is 0 Å². The van der Waals surface area contributed by atoms with Crippen molar-refractivity contribution >= 4 is 5.69 Å². The Kier molecular flexibility index (Phi) is 2.55. The number of hydrogen-bond acceptors (Lipinski definition) is 2. The second-order valence-electron chi connectivity index (χ2n) is 7.04. The Morgan fingerprint density at radius 3 is 2.52 bits per heavy atom. The molecule has 4 aliphatic carbocycles. The van der Waals surface area contributed by atoms with E-state index in [9.17, 15) is 0 Å². The first-order chi connectivity index (χ1) is 11.2. The molecule has 23 heavy (non-hydrogen) atoms. The quantitative estimate of drug-likeness (QED) is 0.726. The number of allylic oxidation sites excluding steroid dienone is 4. The van der Waals surface area contributed by atoms with Gasteiger partial charge in [-0.15, -0.1) is 0 Å². The van der Waals surface area contributed by atoms with Crippen LogP contribution in [0.4, 0.5) is 5.69 Å². The minimum Gasteiger partial charge on any atom is -0.402 e. The lowest BCUT2D eigenvalue weighted by Gasteiger charge is -2.39. The average Bonchev–Trinajstić information content (AvgIpc) is 2.77. The van der Waals surface area contributed by atoms with Crippen LogP contribution in [0.1, 0.15) is 40.5 Å². The zero-order valence-corrected chi connectivity index (χ0v) is 13.0. The first-order valence-corrected chi connectivity index (χ1v) is 8.35. The SMILES string of the molecule is NC1=CC=C2C3Cc4cc(N)ccc4C(c4ccccc43)C2C1. The van der Waals surface area contributed by atoms with Crippen LogP contribution >= 0.6 is 0 Å². The third-order valence-corrected chi connectivity index (χ3v) is 5.81. The highest BCUT2D eigenvalue weighted by molar-refractivity contribution is 5.59. The molecular formula is C21H20N2. The van der Waals surface area contributed by atoms with Gasteiger partial charge in [-0.05, 0) is 59.2 Å². The molecular weight excluding hydrogens is 280 g/mol. The van der Waals surface area contributed by atoms with Crippen molar-refractivity contribution in [1.29, 1.82) is 0 Å². The molecule has 0 spiro atoms. The standard InChI is InChI=1S/C21H20N2/c22-13-5-7-15-12(9-13)10-19-16-3-1-2-4-18(16)21(15)20-11-14(23)6-8-17(19)20/h1-9,19-21H,10-11,22-23H2. The predicted octanol–water partition coefficient (Wildman–Crippen LogP) is 3.84. The molecule has 2 aromatic carbocycles. The topological polar surface area (TPSA) is 52.0 Å². The van der Waals surface area contributed by atoms with Gasteiger partial charge in [0, 0.05) is 23.2 Å². The van der Waals surface area contributed by atoms with Gasteiger partial charge in [-0.25, -0.2) is 0 Å². The van der Waals surface area contributed by atoms with E-state index >= 15 is 0 Å². The molecule has 0 amide bonds. The van der Waals surface area contributed by atoms with Gasteiger partial charge in [0.2, 0.25) is 0 Å². The summed E-state index contributed by atoms with van der Waals surface area (Å²) in [5.74, 6) is 1.35. The van der Waals surface area contributed by atoms with Crippen LogP contribution in [-0.2, 0) is 6.42 Å². The lowest BCUT2D eigenvalue weighted by atomic mass is 9.64. The number of benzene rings is 2. The first-order valence-electron chi connectivity index (χ1n) is 8.35. The van der Waals surface area contributed by atoms with E-state index in [4.69, 9.17) is 11.5 Å². The molecule has 2 bridgehead atoms. The molecule has 0 saturated carbocycles. The minimum atomic E-state index is 0.402. The van der Waals surface area contributed by atoms with E-state index < -0.39 is 0 Å². The molecule has 0 aliphatic heterocycles. The lowest BCUT2D eigenvalue weighted by molar-refractivity contribution is 0.476. The van der Waals surface area contributed by atoms with Gasteiger partial charge in [-0.2, -0.15) is 0 Å². The molecule has 0 radical (unpaired) electrons. The molecule has 2 heteroatoms. The lowest BCUT2D eigenvalue weighted by Crippen LogP contribution is -2.28. The molecule has 114 valence electrons. The Hall–Kier alpha value is -2.48. The summed E-state index contributed by atoms with van der Waals surface area (Å²) >= 11 is 0. The van der Waals surface area contributed by atoms with Crippen LogP contribution in [0.5, 0.6) is 0 Å². The van der Waals surface area contributed by atoms with E-state index in [1.807, 2.05) is 6.07 Å². The monoisotopic (exact) mass is 300 g/mol. The highest BCUT2D eigenvalue weighted by Gasteiger charge is 2.43. The second-order valence-corrected chi connectivity index (χ2v) is 7.04. The molecule has 4 aliphatic rings. The van der Waals surface area contributed by atoms with Crippen molar-refractivity contribution in [3.8, 4) is 0 Å². The van der Waals surface area contributed by atoms with E-state index in [0.29, 0.717) is 17.8 Å². The van der Waals surface area contributed by atoms with Crippen molar-refractivity contribution in [1.82, 2.24) is 0 Å². The van der Waals surface area contributed by atoms with Crippen molar-refractivity contribution < 1.29 is 0 Å². The zero-order valence-electron chi connectivity index (χ0n) is 13.0. The van der Waals surface area contributed by atoms with Crippen molar-refractivity contribution in [2.24, 2.45) is 11.7 Å². The molecule has 0 saturated heterocycles. The Balaban J connectivity index is 1.82. The van der Waals surface area contributed by atoms with Gasteiger partial charge in [0.05, 0.1) is 0 Å². The maximum Gasteiger partial charge on any atom is 0.0316 e. The van der Waals surface area contributed by atoms with Gasteiger partial charge in [0.25, 0.3) is 0 Å². The van der Waals surface area contributed by atoms with E-state index in [0.717, 1.165) is 24.2 Å². The smallest absolute Gasteiger partial charge is 0.0316 e. The maximum absolute atomic E-state index is 6.19. The van der Waals surface area contributed by atoms with Crippen LogP contribution < -0.4 is 11.5 Å². The summed E-state index contributed by atoms with van der Waals surface area (Å²) in [7, 11) is 0. The number of nitrogens with two attached hydrogens (primary N) is 2. The van der Waals surface area contributed by atoms with E-state index in [2.05, 4.69) is 48.6 Å². The first kappa shape index (κ1) is 13.0. The Labute approximate surface area is 136 Å². The highest BCUT2D eigenvalue weighted by atomic mass is 14.6. The molecule has 4 N–H and O–H groups in total. The Morgan fingerprint density at radius 1 is 0.826 bits per heavy atom. The van der Waals surface area contributed by atoms with E-state index in [-0.39, 0.29) is 0 Å². The summed E-state index contributed by atoms with van der Waals surface area (Å²) < 4.78 is 0.